The number of carboxylic acid groups (broad SMARTS) is 1. The maximum atomic E-state index is 10.3. The Morgan fingerprint density at radius 1 is 1.64 bits per heavy atom. The lowest BCUT2D eigenvalue weighted by Crippen LogP contribution is -2.38. The predicted molar refractivity (Wildman–Crippen MR) is 39.4 cm³/mol. The van der Waals surface area contributed by atoms with E-state index < -0.39 is 6.09 Å². The van der Waals surface area contributed by atoms with E-state index in [1.165, 1.54) is 4.90 Å². The monoisotopic (exact) mass is 159 g/mol. The standard InChI is InChI=1S/C7H13NO3/c1-8(7(10)11)4-5-2-6(9)3-5/h5-6,9H,2-4H2,1H3,(H,10,11). The molecule has 0 bridgehead atoms. The summed E-state index contributed by atoms with van der Waals surface area (Å²) in [5, 5.41) is 17.4. The summed E-state index contributed by atoms with van der Waals surface area (Å²) in [5.74, 6) is 0.367. The van der Waals surface area contributed by atoms with Crippen molar-refractivity contribution < 1.29 is 15.0 Å². The van der Waals surface area contributed by atoms with Crippen molar-refractivity contribution in [3.05, 3.63) is 0 Å². The third-order valence-corrected chi connectivity index (χ3v) is 2.07. The molecule has 64 valence electrons. The molecule has 0 saturated heterocycles. The van der Waals surface area contributed by atoms with E-state index in [9.17, 15) is 4.79 Å². The maximum absolute atomic E-state index is 10.3. The minimum atomic E-state index is -0.897. The Balaban J connectivity index is 2.16. The van der Waals surface area contributed by atoms with Gasteiger partial charge in [-0.1, -0.05) is 0 Å². The van der Waals surface area contributed by atoms with Crippen molar-refractivity contribution >= 4 is 6.09 Å². The molecule has 0 unspecified atom stereocenters. The molecular formula is C7H13NO3. The average molecular weight is 159 g/mol. The first-order valence-electron chi connectivity index (χ1n) is 3.71. The molecule has 0 aromatic rings. The highest BCUT2D eigenvalue weighted by atomic mass is 16.4. The highest BCUT2D eigenvalue weighted by Gasteiger charge is 2.28. The number of hydrogen-bond donors (Lipinski definition) is 2. The van der Waals surface area contributed by atoms with E-state index in [1.807, 2.05) is 0 Å². The number of carbonyl (C=O) groups is 1. The molecule has 0 aromatic carbocycles. The van der Waals surface area contributed by atoms with Crippen LogP contribution >= 0.6 is 0 Å². The van der Waals surface area contributed by atoms with E-state index in [0.29, 0.717) is 12.5 Å². The summed E-state index contributed by atoms with van der Waals surface area (Å²) in [6.07, 6.45) is 0.406. The van der Waals surface area contributed by atoms with Crippen LogP contribution in [0, 0.1) is 5.92 Å². The first kappa shape index (κ1) is 8.33. The number of aliphatic hydroxyl groups is 1. The number of rotatable bonds is 2. The lowest BCUT2D eigenvalue weighted by Gasteiger charge is -2.33. The molecule has 0 aliphatic heterocycles. The molecule has 4 nitrogen and oxygen atoms in total. The van der Waals surface area contributed by atoms with E-state index in [4.69, 9.17) is 10.2 Å². The van der Waals surface area contributed by atoms with Crippen LogP contribution in [0.2, 0.25) is 0 Å². The van der Waals surface area contributed by atoms with Crippen LogP contribution in [0.5, 0.6) is 0 Å². The molecule has 11 heavy (non-hydrogen) atoms. The van der Waals surface area contributed by atoms with Crippen molar-refractivity contribution in [3.8, 4) is 0 Å². The van der Waals surface area contributed by atoms with Crippen LogP contribution in [0.25, 0.3) is 0 Å². The van der Waals surface area contributed by atoms with Gasteiger partial charge in [0.1, 0.15) is 0 Å². The second-order valence-corrected chi connectivity index (χ2v) is 3.15. The largest absolute Gasteiger partial charge is 0.465 e. The minimum absolute atomic E-state index is 0.192. The first-order chi connectivity index (χ1) is 5.09. The SMILES string of the molecule is CN(CC1CC(O)C1)C(=O)O. The molecule has 4 heteroatoms. The third kappa shape index (κ3) is 2.08. The zero-order chi connectivity index (χ0) is 8.43. The minimum Gasteiger partial charge on any atom is -0.465 e. The second-order valence-electron chi connectivity index (χ2n) is 3.15. The fourth-order valence-corrected chi connectivity index (χ4v) is 1.31. The lowest BCUT2D eigenvalue weighted by atomic mass is 9.82. The molecule has 0 spiro atoms. The fourth-order valence-electron chi connectivity index (χ4n) is 1.31. The van der Waals surface area contributed by atoms with Gasteiger partial charge < -0.3 is 15.1 Å². The van der Waals surface area contributed by atoms with Gasteiger partial charge in [-0.15, -0.1) is 0 Å². The Bertz CT molecular complexity index is 154. The topological polar surface area (TPSA) is 60.8 Å². The van der Waals surface area contributed by atoms with Crippen LogP contribution in [-0.4, -0.2) is 40.9 Å². The summed E-state index contributed by atoms with van der Waals surface area (Å²) in [5.41, 5.74) is 0. The normalized spacial score (nSPS) is 29.3. The molecule has 0 heterocycles. The fraction of sp³-hybridized carbons (Fsp3) is 0.857. The average Bonchev–Trinajstić information content (AvgIpc) is 1.84. The van der Waals surface area contributed by atoms with Crippen molar-refractivity contribution in [1.29, 1.82) is 0 Å². The van der Waals surface area contributed by atoms with E-state index in [2.05, 4.69) is 0 Å². The highest BCUT2D eigenvalue weighted by Crippen LogP contribution is 2.27. The van der Waals surface area contributed by atoms with Gasteiger partial charge in [0, 0.05) is 13.6 Å². The molecule has 1 rings (SSSR count). The van der Waals surface area contributed by atoms with Crippen LogP contribution in [0.3, 0.4) is 0 Å². The summed E-state index contributed by atoms with van der Waals surface area (Å²) >= 11 is 0. The van der Waals surface area contributed by atoms with Gasteiger partial charge >= 0.3 is 6.09 Å². The van der Waals surface area contributed by atoms with Crippen LogP contribution in [-0.2, 0) is 0 Å². The van der Waals surface area contributed by atoms with Gasteiger partial charge in [-0.25, -0.2) is 4.79 Å². The van der Waals surface area contributed by atoms with Crippen molar-refractivity contribution in [2.75, 3.05) is 13.6 Å². The summed E-state index contributed by atoms with van der Waals surface area (Å²) in [4.78, 5) is 11.6. The van der Waals surface area contributed by atoms with Crippen LogP contribution < -0.4 is 0 Å². The van der Waals surface area contributed by atoms with Gasteiger partial charge in [0.25, 0.3) is 0 Å². The summed E-state index contributed by atoms with van der Waals surface area (Å²) < 4.78 is 0. The van der Waals surface area contributed by atoms with E-state index in [-0.39, 0.29) is 6.10 Å². The van der Waals surface area contributed by atoms with Gasteiger partial charge in [-0.05, 0) is 18.8 Å². The van der Waals surface area contributed by atoms with Gasteiger partial charge in [0.2, 0.25) is 0 Å². The smallest absolute Gasteiger partial charge is 0.407 e. The molecule has 0 radical (unpaired) electrons. The molecule has 1 aliphatic carbocycles. The van der Waals surface area contributed by atoms with E-state index in [0.717, 1.165) is 12.8 Å². The first-order valence-corrected chi connectivity index (χ1v) is 3.71. The Morgan fingerprint density at radius 3 is 2.55 bits per heavy atom. The van der Waals surface area contributed by atoms with Gasteiger partial charge in [0.05, 0.1) is 6.10 Å². The van der Waals surface area contributed by atoms with Gasteiger partial charge in [-0.3, -0.25) is 0 Å². The number of hydrogen-bond acceptors (Lipinski definition) is 2. The highest BCUT2D eigenvalue weighted by molar-refractivity contribution is 5.64. The molecule has 0 atom stereocenters. The predicted octanol–water partition coefficient (Wildman–Crippen LogP) is 0.367. The van der Waals surface area contributed by atoms with Crippen molar-refractivity contribution in [3.63, 3.8) is 0 Å². The summed E-state index contributed by atoms with van der Waals surface area (Å²) in [7, 11) is 1.55. The molecule has 1 saturated carbocycles. The van der Waals surface area contributed by atoms with Crippen molar-refractivity contribution in [2.45, 2.75) is 18.9 Å². The summed E-state index contributed by atoms with van der Waals surface area (Å²) in [6.45, 7) is 0.548. The molecule has 1 amide bonds. The quantitative estimate of drug-likeness (QED) is 0.611. The summed E-state index contributed by atoms with van der Waals surface area (Å²) in [6, 6.07) is 0. The van der Waals surface area contributed by atoms with Crippen molar-refractivity contribution in [2.24, 2.45) is 5.92 Å². The van der Waals surface area contributed by atoms with Crippen LogP contribution in [0.15, 0.2) is 0 Å². The molecule has 1 aliphatic rings. The molecular weight excluding hydrogens is 146 g/mol. The molecule has 2 N–H and O–H groups in total. The van der Waals surface area contributed by atoms with E-state index >= 15 is 0 Å². The Morgan fingerprint density at radius 2 is 2.18 bits per heavy atom. The number of nitrogens with zero attached hydrogens (tertiary/aromatic N) is 1. The third-order valence-electron chi connectivity index (χ3n) is 2.07. The number of aliphatic hydroxyl groups excluding tert-OH is 1. The van der Waals surface area contributed by atoms with E-state index in [1.54, 1.807) is 7.05 Å². The lowest BCUT2D eigenvalue weighted by molar-refractivity contribution is 0.0289. The molecule has 1 fully saturated rings. The van der Waals surface area contributed by atoms with Crippen LogP contribution in [0.4, 0.5) is 4.79 Å². The molecule has 0 aromatic heterocycles. The van der Waals surface area contributed by atoms with Gasteiger partial charge in [-0.2, -0.15) is 0 Å². The zero-order valence-corrected chi connectivity index (χ0v) is 6.53. The van der Waals surface area contributed by atoms with Crippen LogP contribution in [0.1, 0.15) is 12.8 Å². The Hall–Kier alpha value is -0.770. The maximum Gasteiger partial charge on any atom is 0.407 e. The second kappa shape index (κ2) is 3.09. The Labute approximate surface area is 65.4 Å². The zero-order valence-electron chi connectivity index (χ0n) is 6.53. The number of amides is 1. The Kier molecular flexibility index (Phi) is 2.34. The van der Waals surface area contributed by atoms with Crippen molar-refractivity contribution in [1.82, 2.24) is 4.90 Å². The van der Waals surface area contributed by atoms with Gasteiger partial charge in [0.15, 0.2) is 0 Å².